The lowest BCUT2D eigenvalue weighted by Crippen LogP contribution is -2.07. The van der Waals surface area contributed by atoms with Crippen LogP contribution in [0.3, 0.4) is 0 Å². The summed E-state index contributed by atoms with van der Waals surface area (Å²) in [5, 5.41) is 0. The SMILES string of the molecule is CCc1cc(OCC=C(Cl)Cl)cc(CC)c1OCCCCON. The Balaban J connectivity index is 2.78. The molecule has 0 bridgehead atoms. The molecule has 0 unspecified atom stereocenters. The van der Waals surface area contributed by atoms with Gasteiger partial charge in [0, 0.05) is 0 Å². The summed E-state index contributed by atoms with van der Waals surface area (Å²) in [6, 6.07) is 4.01. The molecular formula is C17H25Cl2NO3. The van der Waals surface area contributed by atoms with Gasteiger partial charge in [-0.2, -0.15) is 0 Å². The molecular weight excluding hydrogens is 337 g/mol. The number of aryl methyl sites for hydroxylation is 2. The van der Waals surface area contributed by atoms with Crippen LogP contribution in [0.4, 0.5) is 0 Å². The van der Waals surface area contributed by atoms with Gasteiger partial charge in [0.1, 0.15) is 22.6 Å². The molecule has 0 radical (unpaired) electrons. The normalized spacial score (nSPS) is 10.5. The standard InChI is InChI=1S/C17H25Cl2NO3/c1-3-13-11-15(21-10-7-16(18)19)12-14(4-2)17(13)22-8-5-6-9-23-20/h7,11-12H,3-6,8-10,20H2,1-2H3. The summed E-state index contributed by atoms with van der Waals surface area (Å²) in [5.74, 6) is 6.77. The third-order valence-corrected chi connectivity index (χ3v) is 3.68. The highest BCUT2D eigenvalue weighted by Gasteiger charge is 2.11. The van der Waals surface area contributed by atoms with E-state index in [0.717, 1.165) is 48.3 Å². The smallest absolute Gasteiger partial charge is 0.125 e. The Kier molecular flexibility index (Phi) is 10.1. The first-order chi connectivity index (χ1) is 11.1. The van der Waals surface area contributed by atoms with E-state index in [2.05, 4.69) is 18.7 Å². The fourth-order valence-electron chi connectivity index (χ4n) is 2.18. The Morgan fingerprint density at radius 1 is 1.04 bits per heavy atom. The topological polar surface area (TPSA) is 53.7 Å². The molecule has 1 aromatic carbocycles. The van der Waals surface area contributed by atoms with Gasteiger partial charge < -0.3 is 14.3 Å². The number of unbranched alkanes of at least 4 members (excludes halogenated alkanes) is 1. The number of rotatable bonds is 11. The molecule has 0 saturated heterocycles. The molecule has 0 aromatic heterocycles. The van der Waals surface area contributed by atoms with Crippen molar-refractivity contribution in [2.24, 2.45) is 5.90 Å². The van der Waals surface area contributed by atoms with Gasteiger partial charge in [0.2, 0.25) is 0 Å². The average Bonchev–Trinajstić information content (AvgIpc) is 2.54. The highest BCUT2D eigenvalue weighted by Crippen LogP contribution is 2.31. The first kappa shape index (κ1) is 20.1. The predicted octanol–water partition coefficient (Wildman–Crippen LogP) is 4.56. The fourth-order valence-corrected chi connectivity index (χ4v) is 2.30. The van der Waals surface area contributed by atoms with Gasteiger partial charge in [0.05, 0.1) is 13.2 Å². The van der Waals surface area contributed by atoms with Crippen molar-refractivity contribution < 1.29 is 14.3 Å². The van der Waals surface area contributed by atoms with E-state index >= 15 is 0 Å². The molecule has 0 amide bonds. The van der Waals surface area contributed by atoms with E-state index in [1.165, 1.54) is 0 Å². The Morgan fingerprint density at radius 2 is 1.65 bits per heavy atom. The summed E-state index contributed by atoms with van der Waals surface area (Å²) in [6.45, 7) is 5.74. The lowest BCUT2D eigenvalue weighted by molar-refractivity contribution is 0.129. The maximum Gasteiger partial charge on any atom is 0.125 e. The summed E-state index contributed by atoms with van der Waals surface area (Å²) in [5.41, 5.74) is 2.27. The van der Waals surface area contributed by atoms with Crippen molar-refractivity contribution >= 4 is 23.2 Å². The molecule has 4 nitrogen and oxygen atoms in total. The van der Waals surface area contributed by atoms with Crippen LogP contribution in [-0.4, -0.2) is 19.8 Å². The van der Waals surface area contributed by atoms with Gasteiger partial charge in [0.15, 0.2) is 0 Å². The number of ether oxygens (including phenoxy) is 2. The number of nitrogens with two attached hydrogens (primary N) is 1. The van der Waals surface area contributed by atoms with E-state index in [1.54, 1.807) is 6.08 Å². The van der Waals surface area contributed by atoms with Crippen LogP contribution in [0.25, 0.3) is 0 Å². The summed E-state index contributed by atoms with van der Waals surface area (Å²) in [7, 11) is 0. The second kappa shape index (κ2) is 11.6. The van der Waals surface area contributed by atoms with Crippen molar-refractivity contribution in [3.8, 4) is 11.5 Å². The van der Waals surface area contributed by atoms with Gasteiger partial charge in [-0.3, -0.25) is 0 Å². The monoisotopic (exact) mass is 361 g/mol. The zero-order chi connectivity index (χ0) is 17.1. The van der Waals surface area contributed by atoms with Crippen molar-refractivity contribution in [1.82, 2.24) is 0 Å². The molecule has 0 saturated carbocycles. The van der Waals surface area contributed by atoms with Crippen molar-refractivity contribution in [3.05, 3.63) is 33.8 Å². The molecule has 23 heavy (non-hydrogen) atoms. The van der Waals surface area contributed by atoms with E-state index in [9.17, 15) is 0 Å². The average molecular weight is 362 g/mol. The number of benzene rings is 1. The Hall–Kier alpha value is -0.940. The van der Waals surface area contributed by atoms with Crippen LogP contribution in [0.15, 0.2) is 22.7 Å². The Morgan fingerprint density at radius 3 is 2.17 bits per heavy atom. The van der Waals surface area contributed by atoms with Crippen LogP contribution < -0.4 is 15.4 Å². The quantitative estimate of drug-likeness (QED) is 0.463. The van der Waals surface area contributed by atoms with Crippen LogP contribution in [-0.2, 0) is 17.7 Å². The van der Waals surface area contributed by atoms with E-state index in [-0.39, 0.29) is 4.49 Å². The molecule has 1 aromatic rings. The molecule has 0 heterocycles. The third kappa shape index (κ3) is 7.44. The molecule has 130 valence electrons. The largest absolute Gasteiger partial charge is 0.493 e. The zero-order valence-corrected chi connectivity index (χ0v) is 15.3. The first-order valence-corrected chi connectivity index (χ1v) is 8.62. The van der Waals surface area contributed by atoms with Crippen LogP contribution in [0, 0.1) is 0 Å². The van der Waals surface area contributed by atoms with Gasteiger partial charge in [-0.05, 0) is 55.0 Å². The van der Waals surface area contributed by atoms with E-state index < -0.39 is 0 Å². The maximum atomic E-state index is 5.99. The van der Waals surface area contributed by atoms with E-state index in [0.29, 0.717) is 19.8 Å². The third-order valence-electron chi connectivity index (χ3n) is 3.37. The minimum atomic E-state index is 0.206. The van der Waals surface area contributed by atoms with Crippen molar-refractivity contribution in [2.45, 2.75) is 39.5 Å². The summed E-state index contributed by atoms with van der Waals surface area (Å²) in [6.07, 6.45) is 5.15. The van der Waals surface area contributed by atoms with Crippen LogP contribution >= 0.6 is 23.2 Å². The van der Waals surface area contributed by atoms with Gasteiger partial charge >= 0.3 is 0 Å². The predicted molar refractivity (Wildman–Crippen MR) is 95.4 cm³/mol. The number of hydrogen-bond donors (Lipinski definition) is 1. The Labute approximate surface area is 148 Å². The second-order valence-corrected chi connectivity index (χ2v) is 6.02. The highest BCUT2D eigenvalue weighted by atomic mass is 35.5. The maximum absolute atomic E-state index is 5.99. The molecule has 0 aliphatic carbocycles. The number of halogens is 2. The minimum Gasteiger partial charge on any atom is -0.493 e. The minimum absolute atomic E-state index is 0.206. The molecule has 0 fully saturated rings. The van der Waals surface area contributed by atoms with Crippen LogP contribution in [0.5, 0.6) is 11.5 Å². The van der Waals surface area contributed by atoms with Crippen LogP contribution in [0.1, 0.15) is 37.8 Å². The highest BCUT2D eigenvalue weighted by molar-refractivity contribution is 6.55. The summed E-state index contributed by atoms with van der Waals surface area (Å²) in [4.78, 5) is 4.56. The first-order valence-electron chi connectivity index (χ1n) is 7.86. The molecule has 0 aliphatic rings. The molecule has 0 aliphatic heterocycles. The lowest BCUT2D eigenvalue weighted by Gasteiger charge is -2.17. The van der Waals surface area contributed by atoms with Gasteiger partial charge in [-0.25, -0.2) is 5.90 Å². The fraction of sp³-hybridized carbons (Fsp3) is 0.529. The van der Waals surface area contributed by atoms with Crippen LogP contribution in [0.2, 0.25) is 0 Å². The molecule has 0 atom stereocenters. The van der Waals surface area contributed by atoms with Crippen molar-refractivity contribution in [3.63, 3.8) is 0 Å². The molecule has 2 N–H and O–H groups in total. The Bertz CT molecular complexity index is 478. The van der Waals surface area contributed by atoms with Gasteiger partial charge in [0.25, 0.3) is 0 Å². The molecule has 1 rings (SSSR count). The van der Waals surface area contributed by atoms with Crippen molar-refractivity contribution in [2.75, 3.05) is 19.8 Å². The molecule has 0 spiro atoms. The summed E-state index contributed by atoms with van der Waals surface area (Å²) < 4.78 is 11.9. The van der Waals surface area contributed by atoms with E-state index in [4.69, 9.17) is 38.6 Å². The van der Waals surface area contributed by atoms with Gasteiger partial charge in [-0.1, -0.05) is 37.0 Å². The van der Waals surface area contributed by atoms with Gasteiger partial charge in [-0.15, -0.1) is 0 Å². The zero-order valence-electron chi connectivity index (χ0n) is 13.7. The second-order valence-electron chi connectivity index (χ2n) is 5.01. The summed E-state index contributed by atoms with van der Waals surface area (Å²) >= 11 is 11.2. The van der Waals surface area contributed by atoms with E-state index in [1.807, 2.05) is 12.1 Å². The number of hydrogen-bond acceptors (Lipinski definition) is 4. The lowest BCUT2D eigenvalue weighted by atomic mass is 10.0. The van der Waals surface area contributed by atoms with Crippen molar-refractivity contribution in [1.29, 1.82) is 0 Å². The molecule has 6 heteroatoms.